The second kappa shape index (κ2) is 6.41. The van der Waals surface area contributed by atoms with Crippen LogP contribution < -0.4 is 5.73 Å². The molecule has 4 nitrogen and oxygen atoms in total. The minimum atomic E-state index is 0.254. The van der Waals surface area contributed by atoms with Crippen LogP contribution in [0.3, 0.4) is 0 Å². The maximum Gasteiger partial charge on any atom is 0.0767 e. The summed E-state index contributed by atoms with van der Waals surface area (Å²) in [5.41, 5.74) is 9.06. The molecule has 1 aliphatic rings. The van der Waals surface area contributed by atoms with Crippen LogP contribution in [-0.4, -0.2) is 34.2 Å². The summed E-state index contributed by atoms with van der Waals surface area (Å²) in [6.45, 7) is 2.09. The van der Waals surface area contributed by atoms with Gasteiger partial charge in [0.1, 0.15) is 0 Å². The molecule has 1 aromatic heterocycles. The third-order valence-corrected chi connectivity index (χ3v) is 4.45. The second-order valence-electron chi connectivity index (χ2n) is 5.85. The van der Waals surface area contributed by atoms with E-state index >= 15 is 0 Å². The number of fused-ring (bicyclic) bond motifs is 1. The molecule has 3 N–H and O–H groups in total. The van der Waals surface area contributed by atoms with Gasteiger partial charge >= 0.3 is 0 Å². The summed E-state index contributed by atoms with van der Waals surface area (Å²) >= 11 is 0. The monoisotopic (exact) mass is 285 g/mol. The summed E-state index contributed by atoms with van der Waals surface area (Å²) in [6, 6.07) is 8.69. The van der Waals surface area contributed by atoms with Crippen LogP contribution in [0.1, 0.15) is 31.2 Å². The first-order chi connectivity index (χ1) is 10.3. The Kier molecular flexibility index (Phi) is 4.36. The van der Waals surface area contributed by atoms with Gasteiger partial charge in [0.25, 0.3) is 0 Å². The second-order valence-corrected chi connectivity index (χ2v) is 5.85. The van der Waals surface area contributed by atoms with Gasteiger partial charge in [-0.3, -0.25) is 9.88 Å². The summed E-state index contributed by atoms with van der Waals surface area (Å²) < 4.78 is 0. The Bertz CT molecular complexity index is 610. The number of hydrogen-bond acceptors (Lipinski definition) is 4. The molecule has 0 aliphatic heterocycles. The Balaban J connectivity index is 1.86. The van der Waals surface area contributed by atoms with Crippen LogP contribution in [0.15, 0.2) is 30.5 Å². The highest BCUT2D eigenvalue weighted by atomic mass is 16.3. The molecule has 21 heavy (non-hydrogen) atoms. The minimum absolute atomic E-state index is 0.254. The van der Waals surface area contributed by atoms with Crippen molar-refractivity contribution >= 4 is 16.6 Å². The first-order valence-electron chi connectivity index (χ1n) is 7.76. The molecule has 1 aromatic carbocycles. The highest BCUT2D eigenvalue weighted by Crippen LogP contribution is 2.29. The summed E-state index contributed by atoms with van der Waals surface area (Å²) in [5.74, 6) is 0. The number of nitrogens with two attached hydrogens (primary N) is 1. The topological polar surface area (TPSA) is 62.4 Å². The number of aliphatic hydroxyl groups excluding tert-OH is 1. The number of aliphatic hydroxyl groups is 1. The number of nitrogens with zero attached hydrogens (tertiary/aromatic N) is 2. The Labute approximate surface area is 125 Å². The predicted octanol–water partition coefficient (Wildman–Crippen LogP) is 2.55. The van der Waals surface area contributed by atoms with Crippen molar-refractivity contribution in [3.05, 3.63) is 36.0 Å². The van der Waals surface area contributed by atoms with Gasteiger partial charge in [0.15, 0.2) is 0 Å². The van der Waals surface area contributed by atoms with E-state index in [-0.39, 0.29) is 6.61 Å². The zero-order chi connectivity index (χ0) is 14.7. The fourth-order valence-corrected chi connectivity index (χ4v) is 3.02. The Morgan fingerprint density at radius 2 is 2.14 bits per heavy atom. The van der Waals surface area contributed by atoms with Crippen molar-refractivity contribution in [1.82, 2.24) is 9.88 Å². The zero-order valence-electron chi connectivity index (χ0n) is 12.3. The van der Waals surface area contributed by atoms with Crippen molar-refractivity contribution in [1.29, 1.82) is 0 Å². The van der Waals surface area contributed by atoms with Gasteiger partial charge in [0.2, 0.25) is 0 Å². The molecule has 2 aromatic rings. The van der Waals surface area contributed by atoms with Gasteiger partial charge in [0.05, 0.1) is 5.52 Å². The predicted molar refractivity (Wildman–Crippen MR) is 85.9 cm³/mol. The summed E-state index contributed by atoms with van der Waals surface area (Å²) in [7, 11) is 0. The third-order valence-electron chi connectivity index (χ3n) is 4.45. The van der Waals surface area contributed by atoms with Crippen LogP contribution in [0, 0.1) is 0 Å². The smallest absolute Gasteiger partial charge is 0.0767 e. The van der Waals surface area contributed by atoms with E-state index in [4.69, 9.17) is 10.8 Å². The molecular formula is C17H23N3O. The van der Waals surface area contributed by atoms with Crippen LogP contribution in [0.4, 0.5) is 5.69 Å². The Morgan fingerprint density at radius 1 is 1.29 bits per heavy atom. The van der Waals surface area contributed by atoms with Gasteiger partial charge in [-0.1, -0.05) is 12.5 Å². The number of rotatable bonds is 6. The van der Waals surface area contributed by atoms with Crippen molar-refractivity contribution < 1.29 is 5.11 Å². The molecule has 1 saturated carbocycles. The molecule has 0 atom stereocenters. The first kappa shape index (κ1) is 14.3. The summed E-state index contributed by atoms with van der Waals surface area (Å²) in [6.07, 6.45) is 6.52. The first-order valence-corrected chi connectivity index (χ1v) is 7.76. The molecule has 1 fully saturated rings. The Hall–Kier alpha value is -1.65. The molecule has 0 saturated heterocycles. The number of benzene rings is 1. The highest BCUT2D eigenvalue weighted by Gasteiger charge is 2.25. The van der Waals surface area contributed by atoms with Gasteiger partial charge in [0, 0.05) is 43.0 Å². The highest BCUT2D eigenvalue weighted by molar-refractivity contribution is 5.92. The maximum absolute atomic E-state index is 9.11. The maximum atomic E-state index is 9.11. The van der Waals surface area contributed by atoms with Crippen LogP contribution in [0.5, 0.6) is 0 Å². The quantitative estimate of drug-likeness (QED) is 0.801. The van der Waals surface area contributed by atoms with Gasteiger partial charge < -0.3 is 10.8 Å². The summed E-state index contributed by atoms with van der Waals surface area (Å²) in [4.78, 5) is 7.01. The van der Waals surface area contributed by atoms with E-state index < -0.39 is 0 Å². The number of hydrogen-bond donors (Lipinski definition) is 2. The van der Waals surface area contributed by atoms with Crippen molar-refractivity contribution in [3.8, 4) is 0 Å². The summed E-state index contributed by atoms with van der Waals surface area (Å²) in [5, 5.41) is 10.1. The molecule has 0 radical (unpaired) electrons. The molecule has 4 heteroatoms. The largest absolute Gasteiger partial charge is 0.398 e. The van der Waals surface area contributed by atoms with Crippen LogP contribution in [0.25, 0.3) is 10.9 Å². The van der Waals surface area contributed by atoms with Gasteiger partial charge in [-0.15, -0.1) is 0 Å². The van der Waals surface area contributed by atoms with Crippen molar-refractivity contribution in [3.63, 3.8) is 0 Å². The molecule has 1 heterocycles. The average molecular weight is 285 g/mol. The molecule has 1 aliphatic carbocycles. The number of pyridine rings is 1. The number of nitrogen functional groups attached to an aromatic ring is 1. The van der Waals surface area contributed by atoms with E-state index in [2.05, 4.69) is 16.0 Å². The van der Waals surface area contributed by atoms with Crippen LogP contribution in [-0.2, 0) is 6.54 Å². The standard InChI is InChI=1S/C17H23N3O/c18-16-8-7-13(17-15(16)6-2-9-19-17)12-20(10-3-11-21)14-4-1-5-14/h2,6-9,14,21H,1,3-5,10-12,18H2. The van der Waals surface area contributed by atoms with Crippen LogP contribution >= 0.6 is 0 Å². The van der Waals surface area contributed by atoms with E-state index in [0.717, 1.165) is 36.1 Å². The molecule has 0 bridgehead atoms. The van der Waals surface area contributed by atoms with Crippen LogP contribution in [0.2, 0.25) is 0 Å². The minimum Gasteiger partial charge on any atom is -0.398 e. The van der Waals surface area contributed by atoms with Crippen molar-refractivity contribution in [2.45, 2.75) is 38.3 Å². The molecular weight excluding hydrogens is 262 g/mol. The average Bonchev–Trinajstić information content (AvgIpc) is 2.46. The van der Waals surface area contributed by atoms with Gasteiger partial charge in [-0.2, -0.15) is 0 Å². The van der Waals surface area contributed by atoms with E-state index in [1.54, 1.807) is 0 Å². The lowest BCUT2D eigenvalue weighted by molar-refractivity contribution is 0.110. The van der Waals surface area contributed by atoms with E-state index in [1.165, 1.54) is 24.8 Å². The normalized spacial score (nSPS) is 15.5. The van der Waals surface area contributed by atoms with Gasteiger partial charge in [-0.05, 0) is 43.0 Å². The van der Waals surface area contributed by atoms with Gasteiger partial charge in [-0.25, -0.2) is 0 Å². The molecule has 3 rings (SSSR count). The lowest BCUT2D eigenvalue weighted by atomic mass is 9.90. The van der Waals surface area contributed by atoms with Crippen molar-refractivity contribution in [2.75, 3.05) is 18.9 Å². The van der Waals surface area contributed by atoms with E-state index in [0.29, 0.717) is 6.04 Å². The lowest BCUT2D eigenvalue weighted by Gasteiger charge is -2.37. The fourth-order valence-electron chi connectivity index (χ4n) is 3.02. The van der Waals surface area contributed by atoms with E-state index in [9.17, 15) is 0 Å². The number of anilines is 1. The molecule has 0 unspecified atom stereocenters. The van der Waals surface area contributed by atoms with E-state index in [1.807, 2.05) is 24.4 Å². The molecule has 0 spiro atoms. The molecule has 112 valence electrons. The SMILES string of the molecule is Nc1ccc(CN(CCCO)C2CCC2)c2ncccc12. The Morgan fingerprint density at radius 3 is 2.86 bits per heavy atom. The number of aromatic nitrogens is 1. The lowest BCUT2D eigenvalue weighted by Crippen LogP contribution is -2.40. The fraction of sp³-hybridized carbons (Fsp3) is 0.471. The third kappa shape index (κ3) is 3.01. The van der Waals surface area contributed by atoms with Crippen molar-refractivity contribution in [2.24, 2.45) is 0 Å². The zero-order valence-corrected chi connectivity index (χ0v) is 12.3. The molecule has 0 amide bonds.